The molecule has 0 aliphatic rings. The molecule has 0 unspecified atom stereocenters. The van der Waals surface area contributed by atoms with Gasteiger partial charge >= 0.3 is 0 Å². The number of carbonyl (C=O) groups is 1. The number of likely N-dealkylation sites (N-methyl/N-ethyl adjacent to an activating group) is 1. The van der Waals surface area contributed by atoms with E-state index in [9.17, 15) is 9.90 Å². The maximum atomic E-state index is 13.3. The van der Waals surface area contributed by atoms with E-state index >= 15 is 0 Å². The van der Waals surface area contributed by atoms with Crippen LogP contribution in [0, 0.1) is 5.41 Å². The summed E-state index contributed by atoms with van der Waals surface area (Å²) in [5.41, 5.74) is 2.87. The van der Waals surface area contributed by atoms with Crippen molar-refractivity contribution in [1.29, 1.82) is 5.41 Å². The summed E-state index contributed by atoms with van der Waals surface area (Å²) in [7, 11) is 3.48. The van der Waals surface area contributed by atoms with Gasteiger partial charge in [-0.2, -0.15) is 0 Å². The summed E-state index contributed by atoms with van der Waals surface area (Å²) >= 11 is 0. The number of methoxy groups -OCH3 is 1. The molecule has 182 valence electrons. The van der Waals surface area contributed by atoms with Crippen molar-refractivity contribution in [2.45, 2.75) is 52.5 Å². The summed E-state index contributed by atoms with van der Waals surface area (Å²) in [5.74, 6) is 0.399. The zero-order valence-electron chi connectivity index (χ0n) is 20.8. The van der Waals surface area contributed by atoms with Gasteiger partial charge in [0.2, 0.25) is 5.91 Å². The van der Waals surface area contributed by atoms with E-state index in [-0.39, 0.29) is 23.4 Å². The Kier molecular flexibility index (Phi) is 8.34. The lowest BCUT2D eigenvalue weighted by atomic mass is 9.97. The second kappa shape index (κ2) is 11.2. The number of nitrogens with one attached hydrogen (secondary N) is 2. The van der Waals surface area contributed by atoms with Crippen molar-refractivity contribution in [3.8, 4) is 11.5 Å². The van der Waals surface area contributed by atoms with E-state index in [4.69, 9.17) is 10.1 Å². The fraction of sp³-hybridized carbons (Fsp3) is 0.407. The van der Waals surface area contributed by atoms with E-state index in [0.29, 0.717) is 23.4 Å². The van der Waals surface area contributed by atoms with Gasteiger partial charge in [-0.25, -0.2) is 0 Å². The predicted molar refractivity (Wildman–Crippen MR) is 138 cm³/mol. The van der Waals surface area contributed by atoms with E-state index in [1.54, 1.807) is 13.2 Å². The molecule has 0 spiro atoms. The van der Waals surface area contributed by atoms with Gasteiger partial charge in [0.25, 0.3) is 0 Å². The molecule has 0 saturated carbocycles. The lowest BCUT2D eigenvalue weighted by Gasteiger charge is -2.25. The van der Waals surface area contributed by atoms with Crippen LogP contribution in [0.4, 0.5) is 5.69 Å². The lowest BCUT2D eigenvalue weighted by molar-refractivity contribution is -0.117. The monoisotopic (exact) mass is 464 g/mol. The van der Waals surface area contributed by atoms with E-state index in [1.165, 1.54) is 11.0 Å². The molecule has 3 N–H and O–H groups in total. The molecule has 1 aromatic heterocycles. The molecule has 1 heterocycles. The number of unbranched alkanes of at least 4 members (excludes halogenated alkanes) is 1. The Bertz CT molecular complexity index is 1170. The summed E-state index contributed by atoms with van der Waals surface area (Å²) in [5, 5.41) is 23.9. The molecular formula is C27H36N4O3. The number of carbonyl (C=O) groups excluding carboxylic acids is 1. The predicted octanol–water partition coefficient (Wildman–Crippen LogP) is 5.25. The van der Waals surface area contributed by atoms with Crippen molar-refractivity contribution in [2.24, 2.45) is 0 Å². The van der Waals surface area contributed by atoms with Crippen molar-refractivity contribution in [3.63, 3.8) is 0 Å². The molecule has 0 aliphatic carbocycles. The number of rotatable bonds is 10. The minimum absolute atomic E-state index is 0.0443. The summed E-state index contributed by atoms with van der Waals surface area (Å²) in [4.78, 5) is 14.7. The standard InChI is InChI=1S/C27H36N4O3/c1-6-7-8-26(33)31(20-9-10-23-19(15-20)11-13-30(23)14-12-29-4)27(28)22-16-21(18(2)3)25(34-5)17-24(22)32/h9-11,13,15-18,28-29,32H,6-8,12,14H2,1-5H3. The first-order valence-electron chi connectivity index (χ1n) is 11.9. The van der Waals surface area contributed by atoms with Gasteiger partial charge in [0.05, 0.1) is 18.4 Å². The van der Waals surface area contributed by atoms with E-state index < -0.39 is 0 Å². The van der Waals surface area contributed by atoms with E-state index in [0.717, 1.165) is 42.4 Å². The number of ether oxygens (including phenoxy) is 1. The molecule has 7 heteroatoms. The highest BCUT2D eigenvalue weighted by Gasteiger charge is 2.25. The Morgan fingerprint density at radius 1 is 1.24 bits per heavy atom. The fourth-order valence-corrected chi connectivity index (χ4v) is 4.12. The number of amidine groups is 1. The van der Waals surface area contributed by atoms with Crippen LogP contribution in [0.2, 0.25) is 0 Å². The van der Waals surface area contributed by atoms with Gasteiger partial charge in [0, 0.05) is 42.7 Å². The third kappa shape index (κ3) is 5.25. The van der Waals surface area contributed by atoms with Crippen molar-refractivity contribution in [1.82, 2.24) is 9.88 Å². The van der Waals surface area contributed by atoms with Crippen LogP contribution in [0.3, 0.4) is 0 Å². The number of aromatic hydroxyl groups is 1. The second-order valence-corrected chi connectivity index (χ2v) is 8.80. The van der Waals surface area contributed by atoms with E-state index in [2.05, 4.69) is 9.88 Å². The summed E-state index contributed by atoms with van der Waals surface area (Å²) in [6.07, 6.45) is 3.97. The zero-order valence-corrected chi connectivity index (χ0v) is 20.8. The molecule has 0 saturated heterocycles. The minimum atomic E-state index is -0.165. The first-order chi connectivity index (χ1) is 16.3. The number of phenols is 1. The molecule has 0 bridgehead atoms. The molecular weight excluding hydrogens is 428 g/mol. The smallest absolute Gasteiger partial charge is 0.232 e. The number of aromatic nitrogens is 1. The van der Waals surface area contributed by atoms with Crippen molar-refractivity contribution >= 4 is 28.3 Å². The Labute approximate surface area is 201 Å². The zero-order chi connectivity index (χ0) is 24.8. The van der Waals surface area contributed by atoms with E-state index in [1.807, 2.05) is 58.3 Å². The Hall–Kier alpha value is -3.32. The molecule has 0 aliphatic heterocycles. The number of hydrogen-bond donors (Lipinski definition) is 3. The SMILES string of the molecule is CCCCC(=O)N(C(=N)c1cc(C(C)C)c(OC)cc1O)c1ccc2c(ccn2CCNC)c1. The highest BCUT2D eigenvalue weighted by Crippen LogP contribution is 2.35. The molecule has 0 fully saturated rings. The van der Waals surface area contributed by atoms with Gasteiger partial charge in [-0.3, -0.25) is 15.1 Å². The third-order valence-corrected chi connectivity index (χ3v) is 6.06. The molecule has 3 rings (SSSR count). The van der Waals surface area contributed by atoms with Gasteiger partial charge in [0.1, 0.15) is 17.3 Å². The second-order valence-electron chi connectivity index (χ2n) is 8.80. The van der Waals surface area contributed by atoms with Crippen LogP contribution in [0.5, 0.6) is 11.5 Å². The van der Waals surface area contributed by atoms with Gasteiger partial charge in [-0.05, 0) is 55.3 Å². The van der Waals surface area contributed by atoms with Crippen LogP contribution in [-0.2, 0) is 11.3 Å². The molecule has 0 atom stereocenters. The quantitative estimate of drug-likeness (QED) is 0.282. The Morgan fingerprint density at radius 3 is 2.65 bits per heavy atom. The van der Waals surface area contributed by atoms with Crippen LogP contribution in [0.1, 0.15) is 57.1 Å². The topological polar surface area (TPSA) is 90.6 Å². The summed E-state index contributed by atoms with van der Waals surface area (Å²) in [6.45, 7) is 7.78. The average Bonchev–Trinajstić information content (AvgIpc) is 3.23. The fourth-order valence-electron chi connectivity index (χ4n) is 4.12. The van der Waals surface area contributed by atoms with Crippen molar-refractivity contribution < 1.29 is 14.6 Å². The van der Waals surface area contributed by atoms with Crippen LogP contribution in [0.15, 0.2) is 42.6 Å². The molecule has 1 amide bonds. The minimum Gasteiger partial charge on any atom is -0.507 e. The van der Waals surface area contributed by atoms with Gasteiger partial charge in [-0.15, -0.1) is 0 Å². The van der Waals surface area contributed by atoms with Crippen LogP contribution in [0.25, 0.3) is 10.9 Å². The molecule has 2 aromatic carbocycles. The van der Waals surface area contributed by atoms with Crippen LogP contribution >= 0.6 is 0 Å². The number of phenolic OH excluding ortho intramolecular Hbond substituents is 1. The van der Waals surface area contributed by atoms with Crippen LogP contribution < -0.4 is 15.0 Å². The normalized spacial score (nSPS) is 11.2. The number of hydrogen-bond acceptors (Lipinski definition) is 5. The Morgan fingerprint density at radius 2 is 2.00 bits per heavy atom. The van der Waals surface area contributed by atoms with Gasteiger partial charge in [0.15, 0.2) is 0 Å². The summed E-state index contributed by atoms with van der Waals surface area (Å²) in [6, 6.07) is 11.1. The van der Waals surface area contributed by atoms with Gasteiger partial charge in [-0.1, -0.05) is 27.2 Å². The Balaban J connectivity index is 2.07. The highest BCUT2D eigenvalue weighted by atomic mass is 16.5. The van der Waals surface area contributed by atoms with Gasteiger partial charge < -0.3 is 19.7 Å². The molecule has 3 aromatic rings. The lowest BCUT2D eigenvalue weighted by Crippen LogP contribution is -2.37. The number of nitrogens with zero attached hydrogens (tertiary/aromatic N) is 2. The van der Waals surface area contributed by atoms with Crippen LogP contribution in [-0.4, -0.2) is 42.1 Å². The van der Waals surface area contributed by atoms with Crippen molar-refractivity contribution in [3.05, 3.63) is 53.7 Å². The summed E-state index contributed by atoms with van der Waals surface area (Å²) < 4.78 is 7.59. The number of fused-ring (bicyclic) bond motifs is 1. The largest absolute Gasteiger partial charge is 0.507 e. The highest BCUT2D eigenvalue weighted by molar-refractivity contribution is 6.23. The number of anilines is 1. The third-order valence-electron chi connectivity index (χ3n) is 6.06. The molecule has 7 nitrogen and oxygen atoms in total. The number of benzene rings is 2. The average molecular weight is 465 g/mol. The molecule has 34 heavy (non-hydrogen) atoms. The van der Waals surface area contributed by atoms with Crippen molar-refractivity contribution in [2.75, 3.05) is 25.6 Å². The maximum absolute atomic E-state index is 13.3. The first kappa shape index (κ1) is 25.3. The maximum Gasteiger partial charge on any atom is 0.232 e. The first-order valence-corrected chi connectivity index (χ1v) is 11.9. The molecule has 0 radical (unpaired) electrons. The number of amides is 1.